The third-order valence-electron chi connectivity index (χ3n) is 5.11. The van der Waals surface area contributed by atoms with E-state index >= 15 is 0 Å². The number of anilines is 1. The minimum atomic E-state index is -0.944. The van der Waals surface area contributed by atoms with Gasteiger partial charge >= 0.3 is 0 Å². The summed E-state index contributed by atoms with van der Waals surface area (Å²) in [6, 6.07) is 9.12. The molecule has 4 rings (SSSR count). The molecule has 0 unspecified atom stereocenters. The second-order valence-corrected chi connectivity index (χ2v) is 7.74. The number of carbonyl (C=O) groups is 1. The van der Waals surface area contributed by atoms with Crippen LogP contribution in [0.2, 0.25) is 0 Å². The van der Waals surface area contributed by atoms with Gasteiger partial charge in [-0.25, -0.2) is 13.5 Å². The zero-order valence-corrected chi connectivity index (χ0v) is 17.1. The van der Waals surface area contributed by atoms with Crippen molar-refractivity contribution in [1.29, 1.82) is 0 Å². The normalized spacial score (nSPS) is 12.9. The quantitative estimate of drug-likeness (QED) is 0.644. The highest BCUT2D eigenvalue weighted by Gasteiger charge is 2.27. The fourth-order valence-corrected chi connectivity index (χ4v) is 3.75. The van der Waals surface area contributed by atoms with E-state index < -0.39 is 11.6 Å². The number of hydrogen-bond donors (Lipinski definition) is 1. The smallest absolute Gasteiger partial charge is 0.276 e. The Morgan fingerprint density at radius 2 is 1.93 bits per heavy atom. The molecule has 1 heterocycles. The Kier molecular flexibility index (Phi) is 5.28. The molecule has 1 N–H and O–H groups in total. The summed E-state index contributed by atoms with van der Waals surface area (Å²) < 4.78 is 34.3. The van der Waals surface area contributed by atoms with Crippen molar-refractivity contribution in [2.45, 2.75) is 46.1 Å². The third-order valence-corrected chi connectivity index (χ3v) is 5.11. The topological polar surface area (TPSA) is 56.1 Å². The molecule has 0 saturated carbocycles. The van der Waals surface area contributed by atoms with E-state index in [1.165, 1.54) is 6.07 Å². The summed E-state index contributed by atoms with van der Waals surface area (Å²) in [4.78, 5) is 13.0. The van der Waals surface area contributed by atoms with Crippen LogP contribution >= 0.6 is 0 Å². The molecule has 1 amide bonds. The molecule has 5 nitrogen and oxygen atoms in total. The first-order valence-electron chi connectivity index (χ1n) is 9.98. The number of hydrogen-bond acceptors (Lipinski definition) is 3. The summed E-state index contributed by atoms with van der Waals surface area (Å²) in [6.07, 6.45) is 2.40. The highest BCUT2D eigenvalue weighted by Crippen LogP contribution is 2.29. The van der Waals surface area contributed by atoms with Gasteiger partial charge in [-0.05, 0) is 75.9 Å². The summed E-state index contributed by atoms with van der Waals surface area (Å²) in [7, 11) is 0. The SMILES string of the molecule is Cc1cc(OC(C)C)ccc1NC(=O)c1nn(-c2ccc(F)c(F)c2)c2c1CCC2. The number of benzene rings is 2. The van der Waals surface area contributed by atoms with E-state index in [1.807, 2.05) is 32.9 Å². The van der Waals surface area contributed by atoms with Gasteiger partial charge in [-0.2, -0.15) is 5.10 Å². The summed E-state index contributed by atoms with van der Waals surface area (Å²) >= 11 is 0. The van der Waals surface area contributed by atoms with Crippen LogP contribution in [-0.4, -0.2) is 21.8 Å². The molecule has 7 heteroatoms. The lowest BCUT2D eigenvalue weighted by Crippen LogP contribution is -2.16. The summed E-state index contributed by atoms with van der Waals surface area (Å²) in [5, 5.41) is 7.36. The highest BCUT2D eigenvalue weighted by atomic mass is 19.2. The predicted octanol–water partition coefficient (Wildman–Crippen LogP) is 4.99. The van der Waals surface area contributed by atoms with Crippen molar-refractivity contribution in [2.24, 2.45) is 0 Å². The van der Waals surface area contributed by atoms with Crippen molar-refractivity contribution < 1.29 is 18.3 Å². The summed E-state index contributed by atoms with van der Waals surface area (Å²) in [5.41, 5.74) is 3.98. The zero-order valence-electron chi connectivity index (χ0n) is 17.1. The Hall–Kier alpha value is -3.22. The Balaban J connectivity index is 1.63. The molecule has 3 aromatic rings. The van der Waals surface area contributed by atoms with Crippen LogP contribution in [-0.2, 0) is 12.8 Å². The van der Waals surface area contributed by atoms with Crippen LogP contribution in [0.25, 0.3) is 5.69 Å². The van der Waals surface area contributed by atoms with E-state index in [2.05, 4.69) is 10.4 Å². The molecule has 0 aliphatic heterocycles. The monoisotopic (exact) mass is 411 g/mol. The Morgan fingerprint density at radius 3 is 2.63 bits per heavy atom. The van der Waals surface area contributed by atoms with Crippen molar-refractivity contribution in [1.82, 2.24) is 9.78 Å². The van der Waals surface area contributed by atoms with Gasteiger partial charge in [0.1, 0.15) is 5.75 Å². The molecule has 0 atom stereocenters. The lowest BCUT2D eigenvalue weighted by Gasteiger charge is -2.13. The maximum absolute atomic E-state index is 13.7. The van der Waals surface area contributed by atoms with Crippen LogP contribution in [0.3, 0.4) is 0 Å². The summed E-state index contributed by atoms with van der Waals surface area (Å²) in [5.74, 6) is -1.44. The van der Waals surface area contributed by atoms with Crippen molar-refractivity contribution in [3.05, 3.63) is 70.5 Å². The number of fused-ring (bicyclic) bond motifs is 1. The molecular weight excluding hydrogens is 388 g/mol. The Bertz CT molecular complexity index is 1120. The van der Waals surface area contributed by atoms with Gasteiger partial charge in [0.15, 0.2) is 17.3 Å². The van der Waals surface area contributed by atoms with Crippen molar-refractivity contribution >= 4 is 11.6 Å². The Morgan fingerprint density at radius 1 is 1.13 bits per heavy atom. The number of halogens is 2. The van der Waals surface area contributed by atoms with Gasteiger partial charge in [-0.3, -0.25) is 4.79 Å². The molecule has 2 aromatic carbocycles. The average molecular weight is 411 g/mol. The standard InChI is InChI=1S/C23H23F2N3O2/c1-13(2)30-16-8-10-20(14(3)11-16)26-23(29)22-17-5-4-6-21(17)28(27-22)15-7-9-18(24)19(25)12-15/h7-13H,4-6H2,1-3H3,(H,26,29). The molecule has 1 aromatic heterocycles. The van der Waals surface area contributed by atoms with E-state index in [-0.39, 0.29) is 12.0 Å². The molecule has 1 aliphatic carbocycles. The van der Waals surface area contributed by atoms with Gasteiger partial charge < -0.3 is 10.1 Å². The fraction of sp³-hybridized carbons (Fsp3) is 0.304. The lowest BCUT2D eigenvalue weighted by molar-refractivity contribution is 0.102. The minimum absolute atomic E-state index is 0.0627. The number of aromatic nitrogens is 2. The van der Waals surface area contributed by atoms with Crippen LogP contribution in [0.4, 0.5) is 14.5 Å². The van der Waals surface area contributed by atoms with Crippen molar-refractivity contribution in [3.8, 4) is 11.4 Å². The fourth-order valence-electron chi connectivity index (χ4n) is 3.75. The van der Waals surface area contributed by atoms with Crippen LogP contribution in [0, 0.1) is 18.6 Å². The number of aryl methyl sites for hydroxylation is 1. The van der Waals surface area contributed by atoms with E-state index in [9.17, 15) is 13.6 Å². The number of nitrogens with one attached hydrogen (secondary N) is 1. The molecule has 0 saturated heterocycles. The highest BCUT2D eigenvalue weighted by molar-refractivity contribution is 6.04. The molecule has 0 spiro atoms. The van der Waals surface area contributed by atoms with Gasteiger partial charge in [0.05, 0.1) is 11.8 Å². The van der Waals surface area contributed by atoms with E-state index in [4.69, 9.17) is 4.74 Å². The van der Waals surface area contributed by atoms with Crippen LogP contribution in [0.15, 0.2) is 36.4 Å². The largest absolute Gasteiger partial charge is 0.491 e. The Labute approximate surface area is 173 Å². The van der Waals surface area contributed by atoms with Gasteiger partial charge in [0, 0.05) is 23.0 Å². The van der Waals surface area contributed by atoms with Gasteiger partial charge in [0.25, 0.3) is 5.91 Å². The second kappa shape index (κ2) is 7.89. The first-order valence-corrected chi connectivity index (χ1v) is 9.98. The van der Waals surface area contributed by atoms with E-state index in [1.54, 1.807) is 10.7 Å². The maximum atomic E-state index is 13.7. The zero-order chi connectivity index (χ0) is 21.4. The van der Waals surface area contributed by atoms with E-state index in [0.717, 1.165) is 54.0 Å². The summed E-state index contributed by atoms with van der Waals surface area (Å²) in [6.45, 7) is 5.80. The van der Waals surface area contributed by atoms with Crippen LogP contribution < -0.4 is 10.1 Å². The maximum Gasteiger partial charge on any atom is 0.276 e. The van der Waals surface area contributed by atoms with Crippen LogP contribution in [0.1, 0.15) is 47.6 Å². The number of amides is 1. The first kappa shape index (κ1) is 20.1. The molecule has 0 bridgehead atoms. The van der Waals surface area contributed by atoms with Gasteiger partial charge in [-0.15, -0.1) is 0 Å². The van der Waals surface area contributed by atoms with E-state index in [0.29, 0.717) is 17.1 Å². The predicted molar refractivity (Wildman–Crippen MR) is 110 cm³/mol. The number of ether oxygens (including phenoxy) is 1. The second-order valence-electron chi connectivity index (χ2n) is 7.74. The molecule has 1 aliphatic rings. The van der Waals surface area contributed by atoms with Crippen molar-refractivity contribution in [3.63, 3.8) is 0 Å². The van der Waals surface area contributed by atoms with Gasteiger partial charge in [-0.1, -0.05) is 0 Å². The molecule has 156 valence electrons. The number of rotatable bonds is 5. The molecule has 0 fully saturated rings. The average Bonchev–Trinajstić information content (AvgIpc) is 3.28. The molecule has 30 heavy (non-hydrogen) atoms. The lowest BCUT2D eigenvalue weighted by atomic mass is 10.1. The number of carbonyl (C=O) groups excluding carboxylic acids is 1. The van der Waals surface area contributed by atoms with Crippen molar-refractivity contribution in [2.75, 3.05) is 5.32 Å². The van der Waals surface area contributed by atoms with Crippen LogP contribution in [0.5, 0.6) is 5.75 Å². The molecular formula is C23H23F2N3O2. The first-order chi connectivity index (χ1) is 14.3. The minimum Gasteiger partial charge on any atom is -0.491 e. The van der Waals surface area contributed by atoms with Gasteiger partial charge in [0.2, 0.25) is 0 Å². The number of nitrogens with zero attached hydrogens (tertiary/aromatic N) is 2. The molecule has 0 radical (unpaired) electrons. The third kappa shape index (κ3) is 3.79.